The SMILES string of the molecule is C=CCOC(=O)NC1(c2ccc(/C(Nc3ccc(-c4cn(C)cn4)cc3)=C3/C(=O)Oc4ccccc43)cc2)CC1. The third-order valence-electron chi connectivity index (χ3n) is 7.12. The molecule has 1 amide bonds. The second kappa shape index (κ2) is 10.2. The van der Waals surface area contributed by atoms with Crippen LogP contribution in [0.3, 0.4) is 0 Å². The number of amides is 1. The van der Waals surface area contributed by atoms with Crippen molar-refractivity contribution in [2.45, 2.75) is 18.4 Å². The molecule has 200 valence electrons. The Hall–Kier alpha value is -5.11. The number of alkyl carbamates (subject to hydrolysis) is 1. The van der Waals surface area contributed by atoms with E-state index in [0.717, 1.165) is 46.5 Å². The molecular weight excluding hydrogens is 504 g/mol. The number of esters is 1. The molecule has 1 saturated carbocycles. The van der Waals surface area contributed by atoms with Gasteiger partial charge in [0, 0.05) is 30.1 Å². The summed E-state index contributed by atoms with van der Waals surface area (Å²) in [6, 6.07) is 23.2. The number of anilines is 1. The second-order valence-corrected chi connectivity index (χ2v) is 9.93. The third-order valence-corrected chi connectivity index (χ3v) is 7.12. The largest absolute Gasteiger partial charge is 0.445 e. The Morgan fingerprint density at radius 3 is 2.52 bits per heavy atom. The van der Waals surface area contributed by atoms with Crippen LogP contribution in [0.5, 0.6) is 5.75 Å². The number of imidazole rings is 1. The number of hydrogen-bond donors (Lipinski definition) is 2. The second-order valence-electron chi connectivity index (χ2n) is 9.93. The van der Waals surface area contributed by atoms with Gasteiger partial charge in [0.2, 0.25) is 0 Å². The molecular formula is C32H28N4O4. The number of carbonyl (C=O) groups is 2. The number of fused-ring (bicyclic) bond motifs is 1. The molecule has 2 heterocycles. The van der Waals surface area contributed by atoms with Gasteiger partial charge in [0.1, 0.15) is 12.4 Å². The fourth-order valence-corrected chi connectivity index (χ4v) is 4.90. The van der Waals surface area contributed by atoms with Crippen molar-refractivity contribution in [2.24, 2.45) is 7.05 Å². The van der Waals surface area contributed by atoms with E-state index < -0.39 is 17.6 Å². The number of ether oxygens (including phenoxy) is 2. The van der Waals surface area contributed by atoms with Crippen LogP contribution in [0.4, 0.5) is 10.5 Å². The van der Waals surface area contributed by atoms with Crippen molar-refractivity contribution in [3.8, 4) is 17.0 Å². The minimum atomic E-state index is -0.467. The molecule has 0 bridgehead atoms. The van der Waals surface area contributed by atoms with Gasteiger partial charge in [-0.15, -0.1) is 0 Å². The van der Waals surface area contributed by atoms with E-state index >= 15 is 0 Å². The molecule has 4 aromatic rings. The van der Waals surface area contributed by atoms with E-state index in [-0.39, 0.29) is 6.61 Å². The highest BCUT2D eigenvalue weighted by Crippen LogP contribution is 2.46. The van der Waals surface area contributed by atoms with Gasteiger partial charge in [0.15, 0.2) is 0 Å². The number of nitrogens with zero attached hydrogens (tertiary/aromatic N) is 2. The Kier molecular flexibility index (Phi) is 6.43. The highest BCUT2D eigenvalue weighted by atomic mass is 16.5. The molecule has 8 heteroatoms. The fourth-order valence-electron chi connectivity index (χ4n) is 4.90. The molecule has 0 saturated heterocycles. The van der Waals surface area contributed by atoms with Crippen molar-refractivity contribution in [2.75, 3.05) is 11.9 Å². The number of carbonyl (C=O) groups excluding carboxylic acids is 2. The first-order valence-electron chi connectivity index (χ1n) is 13.0. The normalized spacial score (nSPS) is 16.0. The summed E-state index contributed by atoms with van der Waals surface area (Å²) in [5.74, 6) is 0.117. The van der Waals surface area contributed by atoms with Crippen LogP contribution in [0.25, 0.3) is 22.5 Å². The summed E-state index contributed by atoms with van der Waals surface area (Å²) in [7, 11) is 1.93. The zero-order valence-corrected chi connectivity index (χ0v) is 22.0. The molecule has 0 unspecified atom stereocenters. The molecule has 2 aliphatic rings. The predicted octanol–water partition coefficient (Wildman–Crippen LogP) is 5.89. The summed E-state index contributed by atoms with van der Waals surface area (Å²) >= 11 is 0. The summed E-state index contributed by atoms with van der Waals surface area (Å²) in [4.78, 5) is 29.7. The maximum Gasteiger partial charge on any atom is 0.408 e. The maximum absolute atomic E-state index is 13.1. The van der Waals surface area contributed by atoms with Gasteiger partial charge in [0.05, 0.1) is 28.8 Å². The fraction of sp³-hybridized carbons (Fsp3) is 0.156. The molecule has 1 aliphatic carbocycles. The zero-order valence-electron chi connectivity index (χ0n) is 22.0. The lowest BCUT2D eigenvalue weighted by molar-refractivity contribution is -0.126. The van der Waals surface area contributed by atoms with Crippen LogP contribution in [0.2, 0.25) is 0 Å². The lowest BCUT2D eigenvalue weighted by Crippen LogP contribution is -2.35. The molecule has 6 rings (SSSR count). The van der Waals surface area contributed by atoms with E-state index in [0.29, 0.717) is 17.0 Å². The van der Waals surface area contributed by atoms with Crippen LogP contribution in [0.15, 0.2) is 98.0 Å². The van der Waals surface area contributed by atoms with E-state index in [1.807, 2.05) is 84.5 Å². The Morgan fingerprint density at radius 1 is 1.10 bits per heavy atom. The van der Waals surface area contributed by atoms with E-state index in [4.69, 9.17) is 9.47 Å². The quantitative estimate of drug-likeness (QED) is 0.127. The first-order valence-corrected chi connectivity index (χ1v) is 13.0. The summed E-state index contributed by atoms with van der Waals surface area (Å²) < 4.78 is 12.6. The van der Waals surface area contributed by atoms with Crippen molar-refractivity contribution in [1.82, 2.24) is 14.9 Å². The monoisotopic (exact) mass is 532 g/mol. The van der Waals surface area contributed by atoms with Gasteiger partial charge >= 0.3 is 12.1 Å². The Bertz CT molecular complexity index is 1630. The summed E-state index contributed by atoms with van der Waals surface area (Å²) in [5.41, 5.74) is 5.86. The number of benzene rings is 3. The smallest absolute Gasteiger partial charge is 0.408 e. The number of rotatable bonds is 8. The molecule has 40 heavy (non-hydrogen) atoms. The molecule has 2 N–H and O–H groups in total. The number of aromatic nitrogens is 2. The number of nitrogens with one attached hydrogen (secondary N) is 2. The summed E-state index contributed by atoms with van der Waals surface area (Å²) in [6.07, 6.45) is 6.44. The first kappa shape index (κ1) is 25.2. The molecule has 1 aliphatic heterocycles. The number of para-hydroxylation sites is 1. The van der Waals surface area contributed by atoms with E-state index in [2.05, 4.69) is 22.2 Å². The van der Waals surface area contributed by atoms with Crippen LogP contribution >= 0.6 is 0 Å². The highest BCUT2D eigenvalue weighted by molar-refractivity contribution is 6.29. The Labute approximate surface area is 232 Å². The minimum absolute atomic E-state index is 0.157. The van der Waals surface area contributed by atoms with E-state index in [1.165, 1.54) is 6.08 Å². The molecule has 8 nitrogen and oxygen atoms in total. The van der Waals surface area contributed by atoms with Crippen LogP contribution in [0, 0.1) is 0 Å². The minimum Gasteiger partial charge on any atom is -0.445 e. The van der Waals surface area contributed by atoms with Crippen molar-refractivity contribution >= 4 is 29.0 Å². The van der Waals surface area contributed by atoms with Crippen molar-refractivity contribution in [3.05, 3.63) is 115 Å². The van der Waals surface area contributed by atoms with Gasteiger partial charge < -0.3 is 24.7 Å². The number of aryl methyl sites for hydroxylation is 1. The van der Waals surface area contributed by atoms with Gasteiger partial charge in [-0.3, -0.25) is 0 Å². The van der Waals surface area contributed by atoms with E-state index in [1.54, 1.807) is 12.4 Å². The van der Waals surface area contributed by atoms with Crippen LogP contribution in [-0.2, 0) is 22.1 Å². The van der Waals surface area contributed by atoms with Crippen molar-refractivity contribution in [1.29, 1.82) is 0 Å². The van der Waals surface area contributed by atoms with Gasteiger partial charge in [-0.05, 0) is 42.2 Å². The average molecular weight is 533 g/mol. The van der Waals surface area contributed by atoms with Gasteiger partial charge in [-0.25, -0.2) is 14.6 Å². The molecule has 1 aromatic heterocycles. The average Bonchev–Trinajstić information content (AvgIpc) is 3.48. The summed E-state index contributed by atoms with van der Waals surface area (Å²) in [6.45, 7) is 3.73. The van der Waals surface area contributed by atoms with Crippen molar-refractivity contribution < 1.29 is 19.1 Å². The maximum atomic E-state index is 13.1. The van der Waals surface area contributed by atoms with Crippen LogP contribution < -0.4 is 15.4 Å². The zero-order chi connectivity index (χ0) is 27.7. The van der Waals surface area contributed by atoms with Crippen LogP contribution in [0.1, 0.15) is 29.5 Å². The lowest BCUT2D eigenvalue weighted by atomic mass is 9.97. The van der Waals surface area contributed by atoms with Gasteiger partial charge in [-0.2, -0.15) is 0 Å². The Morgan fingerprint density at radius 2 is 1.85 bits per heavy atom. The number of hydrogen-bond acceptors (Lipinski definition) is 6. The molecule has 0 atom stereocenters. The summed E-state index contributed by atoms with van der Waals surface area (Å²) in [5, 5.41) is 6.46. The Balaban J connectivity index is 1.34. The molecule has 1 fully saturated rings. The van der Waals surface area contributed by atoms with Crippen molar-refractivity contribution in [3.63, 3.8) is 0 Å². The molecule has 0 radical (unpaired) electrons. The topological polar surface area (TPSA) is 94.5 Å². The standard InChI is InChI=1S/C32H28N4O4/c1-3-18-39-31(38)35-32(16-17-32)23-12-8-22(9-13-23)29(28-25-6-4-5-7-27(25)40-30(28)37)34-24-14-10-21(11-15-24)26-19-36(2)20-33-26/h3-15,19-20,34H,1,16-18H2,2H3,(H,35,38)/b29-28-. The first-order chi connectivity index (χ1) is 19.5. The van der Waals surface area contributed by atoms with Gasteiger partial charge in [0.25, 0.3) is 0 Å². The molecule has 3 aromatic carbocycles. The lowest BCUT2D eigenvalue weighted by Gasteiger charge is -2.19. The van der Waals surface area contributed by atoms with Crippen LogP contribution in [-0.4, -0.2) is 28.2 Å². The highest BCUT2D eigenvalue weighted by Gasteiger charge is 2.46. The predicted molar refractivity (Wildman–Crippen MR) is 153 cm³/mol. The van der Waals surface area contributed by atoms with Gasteiger partial charge in [-0.1, -0.05) is 67.3 Å². The van der Waals surface area contributed by atoms with E-state index in [9.17, 15) is 9.59 Å². The third kappa shape index (κ3) is 4.87. The molecule has 0 spiro atoms.